The Labute approximate surface area is 206 Å². The molecule has 0 radical (unpaired) electrons. The summed E-state index contributed by atoms with van der Waals surface area (Å²) in [4.78, 5) is 3.86. The quantitative estimate of drug-likeness (QED) is 0.255. The van der Waals surface area contributed by atoms with Crippen molar-refractivity contribution in [1.29, 1.82) is 0 Å². The van der Waals surface area contributed by atoms with E-state index in [2.05, 4.69) is 41.5 Å². The number of aryl methyl sites for hydroxylation is 1. The molecule has 4 heteroatoms. The van der Waals surface area contributed by atoms with E-state index in [0.29, 0.717) is 18.0 Å². The molecule has 4 rings (SSSR count). The Kier molecular flexibility index (Phi) is 13.2. The maximum atomic E-state index is 10.1. The van der Waals surface area contributed by atoms with Gasteiger partial charge >= 0.3 is 0 Å². The van der Waals surface area contributed by atoms with Crippen LogP contribution in [0.3, 0.4) is 0 Å². The molecule has 0 unspecified atom stereocenters. The lowest BCUT2D eigenvalue weighted by molar-refractivity contribution is 0.374. The topological polar surface area (TPSA) is 71.2 Å². The summed E-state index contributed by atoms with van der Waals surface area (Å²) in [5.41, 5.74) is 10.3. The third kappa shape index (κ3) is 11.2. The number of nitrogens with two attached hydrogens (primary N) is 1. The average Bonchev–Trinajstić information content (AvgIpc) is 2.82. The number of nitrogen functional groups attached to an aromatic ring is 1. The van der Waals surface area contributed by atoms with E-state index in [1.165, 1.54) is 36.0 Å². The summed E-state index contributed by atoms with van der Waals surface area (Å²) in [5.74, 6) is 1.22. The summed E-state index contributed by atoms with van der Waals surface area (Å²) >= 11 is 0. The van der Waals surface area contributed by atoms with Crippen molar-refractivity contribution in [2.24, 2.45) is 0 Å². The number of hydrogen-bond acceptors (Lipinski definition) is 4. The molecule has 0 amide bonds. The van der Waals surface area contributed by atoms with Gasteiger partial charge in [-0.25, -0.2) is 4.98 Å². The molecule has 0 bridgehead atoms. The monoisotopic (exact) mass is 459 g/mol. The number of rotatable bonds is 8. The zero-order valence-corrected chi connectivity index (χ0v) is 20.8. The molecule has 3 aromatic rings. The number of allylic oxidation sites excluding steroid dienone is 2. The largest absolute Gasteiger partial charge is 0.512 e. The molecular weight excluding hydrogens is 418 g/mol. The third-order valence-electron chi connectivity index (χ3n) is 5.74. The number of benzene rings is 2. The number of nitrogens with one attached hydrogen (secondary N) is 1. The van der Waals surface area contributed by atoms with Gasteiger partial charge in [-0.1, -0.05) is 80.1 Å². The van der Waals surface area contributed by atoms with Crippen molar-refractivity contribution in [3.8, 4) is 0 Å². The summed E-state index contributed by atoms with van der Waals surface area (Å²) < 4.78 is 0. The van der Waals surface area contributed by atoms with Gasteiger partial charge in [0.1, 0.15) is 5.82 Å². The van der Waals surface area contributed by atoms with E-state index in [4.69, 9.17) is 5.73 Å². The van der Waals surface area contributed by atoms with Crippen molar-refractivity contribution in [3.63, 3.8) is 0 Å². The number of anilines is 1. The minimum atomic E-state index is 0.606. The van der Waals surface area contributed by atoms with Crippen molar-refractivity contribution in [1.82, 2.24) is 10.3 Å². The van der Waals surface area contributed by atoms with Crippen LogP contribution >= 0.6 is 0 Å². The molecule has 0 saturated heterocycles. The molecular formula is C30H41N3O. The van der Waals surface area contributed by atoms with Crippen molar-refractivity contribution < 1.29 is 5.11 Å². The van der Waals surface area contributed by atoms with Gasteiger partial charge < -0.3 is 16.2 Å². The van der Waals surface area contributed by atoms with Gasteiger partial charge in [-0.2, -0.15) is 0 Å². The summed E-state index contributed by atoms with van der Waals surface area (Å²) in [6.45, 7) is 6.30. The molecule has 0 atom stereocenters. The van der Waals surface area contributed by atoms with Crippen LogP contribution < -0.4 is 11.1 Å². The summed E-state index contributed by atoms with van der Waals surface area (Å²) in [5, 5.41) is 13.5. The number of pyridine rings is 1. The van der Waals surface area contributed by atoms with Crippen molar-refractivity contribution >= 4 is 5.82 Å². The zero-order valence-electron chi connectivity index (χ0n) is 20.8. The number of aromatic nitrogens is 1. The Balaban J connectivity index is 0.000000236. The molecule has 1 aliphatic rings. The van der Waals surface area contributed by atoms with E-state index in [0.717, 1.165) is 37.9 Å². The lowest BCUT2D eigenvalue weighted by Crippen LogP contribution is -2.18. The van der Waals surface area contributed by atoms with Gasteiger partial charge in [0.2, 0.25) is 0 Å². The van der Waals surface area contributed by atoms with Crippen LogP contribution in [0.4, 0.5) is 5.82 Å². The second kappa shape index (κ2) is 16.5. The highest BCUT2D eigenvalue weighted by molar-refractivity contribution is 5.36. The zero-order chi connectivity index (χ0) is 24.4. The average molecular weight is 460 g/mol. The van der Waals surface area contributed by atoms with Crippen LogP contribution in [0.2, 0.25) is 0 Å². The highest BCUT2D eigenvalue weighted by Crippen LogP contribution is 2.29. The first-order chi connectivity index (χ1) is 16.6. The van der Waals surface area contributed by atoms with Gasteiger partial charge in [0.25, 0.3) is 0 Å². The Bertz CT molecular complexity index is 916. The Morgan fingerprint density at radius 3 is 2.15 bits per heavy atom. The molecule has 1 aromatic heterocycles. The van der Waals surface area contributed by atoms with Gasteiger partial charge in [-0.3, -0.25) is 0 Å². The fourth-order valence-electron chi connectivity index (χ4n) is 3.40. The first-order valence-corrected chi connectivity index (χ1v) is 12.5. The minimum absolute atomic E-state index is 0.606. The van der Waals surface area contributed by atoms with Crippen LogP contribution in [0, 0.1) is 6.92 Å². The second-order valence-corrected chi connectivity index (χ2v) is 8.61. The molecule has 4 nitrogen and oxygen atoms in total. The molecule has 4 N–H and O–H groups in total. The van der Waals surface area contributed by atoms with Gasteiger partial charge in [-0.15, -0.1) is 0 Å². The van der Waals surface area contributed by atoms with Gasteiger partial charge in [-0.05, 0) is 80.4 Å². The van der Waals surface area contributed by atoms with Crippen LogP contribution in [-0.2, 0) is 12.8 Å². The van der Waals surface area contributed by atoms with E-state index in [-0.39, 0.29) is 0 Å². The molecule has 0 spiro atoms. The standard InChI is InChI=1S/C18H27NO.C6H8N2.C6H6/c1-2-3-11-19-12-10-15-6-4-7-16(13-15)14-18(20)17-8-5-9-17;1-5-3-2-4-8-6(5)7;1-2-4-6-5-3-1/h4,6-7,13,19-20H,2-3,5,8-12,14H2,1H3;2-4H,1H3,(H2,7,8);1-6H. The third-order valence-corrected chi connectivity index (χ3v) is 5.74. The summed E-state index contributed by atoms with van der Waals surface area (Å²) in [6.07, 6.45) is 9.37. The van der Waals surface area contributed by atoms with Crippen LogP contribution in [0.15, 0.2) is 90.3 Å². The summed E-state index contributed by atoms with van der Waals surface area (Å²) in [7, 11) is 0. The molecule has 2 aromatic carbocycles. The smallest absolute Gasteiger partial charge is 0.126 e. The van der Waals surface area contributed by atoms with E-state index >= 15 is 0 Å². The first-order valence-electron chi connectivity index (χ1n) is 12.5. The maximum Gasteiger partial charge on any atom is 0.126 e. The maximum absolute atomic E-state index is 10.1. The van der Waals surface area contributed by atoms with Gasteiger partial charge in [0, 0.05) is 12.6 Å². The van der Waals surface area contributed by atoms with E-state index in [9.17, 15) is 5.11 Å². The van der Waals surface area contributed by atoms with Crippen LogP contribution in [0.25, 0.3) is 0 Å². The van der Waals surface area contributed by atoms with Gasteiger partial charge in [0.05, 0.1) is 5.76 Å². The Morgan fingerprint density at radius 1 is 0.941 bits per heavy atom. The van der Waals surface area contributed by atoms with Crippen LogP contribution in [0.1, 0.15) is 55.7 Å². The Hall–Kier alpha value is -3.11. The predicted octanol–water partition coefficient (Wildman–Crippen LogP) is 6.82. The summed E-state index contributed by atoms with van der Waals surface area (Å²) in [6, 6.07) is 24.4. The molecule has 1 heterocycles. The van der Waals surface area contributed by atoms with E-state index in [1.807, 2.05) is 55.5 Å². The normalized spacial score (nSPS) is 11.9. The minimum Gasteiger partial charge on any atom is -0.512 e. The fraction of sp³-hybridized carbons (Fsp3) is 0.367. The molecule has 1 aliphatic carbocycles. The number of hydrogen-bond donors (Lipinski definition) is 3. The van der Waals surface area contributed by atoms with Crippen molar-refractivity contribution in [2.75, 3.05) is 18.8 Å². The molecule has 182 valence electrons. The van der Waals surface area contributed by atoms with Crippen LogP contribution in [0.5, 0.6) is 0 Å². The molecule has 34 heavy (non-hydrogen) atoms. The number of unbranched alkanes of at least 4 members (excludes halogenated alkanes) is 1. The highest BCUT2D eigenvalue weighted by atomic mass is 16.3. The molecule has 0 aliphatic heterocycles. The van der Waals surface area contributed by atoms with Crippen LogP contribution in [-0.4, -0.2) is 23.2 Å². The Morgan fingerprint density at radius 2 is 1.62 bits per heavy atom. The first kappa shape index (κ1) is 27.1. The van der Waals surface area contributed by atoms with Gasteiger partial charge in [0.15, 0.2) is 0 Å². The van der Waals surface area contributed by atoms with Crippen molar-refractivity contribution in [2.45, 2.75) is 58.8 Å². The van der Waals surface area contributed by atoms with E-state index < -0.39 is 0 Å². The predicted molar refractivity (Wildman–Crippen MR) is 145 cm³/mol. The number of aliphatic hydroxyl groups is 1. The second-order valence-electron chi connectivity index (χ2n) is 8.61. The molecule has 1 saturated carbocycles. The van der Waals surface area contributed by atoms with Crippen molar-refractivity contribution in [3.05, 3.63) is 107 Å². The fourth-order valence-corrected chi connectivity index (χ4v) is 3.40. The number of nitrogens with zero attached hydrogens (tertiary/aromatic N) is 1. The highest BCUT2D eigenvalue weighted by Gasteiger charge is 2.14. The lowest BCUT2D eigenvalue weighted by atomic mass is 9.89. The lowest BCUT2D eigenvalue weighted by Gasteiger charge is -2.18. The number of aliphatic hydroxyl groups excluding tert-OH is 1. The molecule has 1 fully saturated rings. The SMILES string of the molecule is CCCCNCCc1cccc(CC(O)=C2CCC2)c1.Cc1cccnc1N.c1ccccc1. The van der Waals surface area contributed by atoms with E-state index in [1.54, 1.807) is 6.20 Å².